The van der Waals surface area contributed by atoms with Gasteiger partial charge in [-0.05, 0) is 25.1 Å². The van der Waals surface area contributed by atoms with E-state index in [2.05, 4.69) is 10.4 Å². The van der Waals surface area contributed by atoms with Crippen molar-refractivity contribution in [2.45, 2.75) is 13.5 Å². The van der Waals surface area contributed by atoms with Gasteiger partial charge < -0.3 is 18.6 Å². The number of rotatable bonds is 5. The highest BCUT2D eigenvalue weighted by Gasteiger charge is 2.17. The first-order chi connectivity index (χ1) is 12.0. The Morgan fingerprint density at radius 2 is 2.08 bits per heavy atom. The molecule has 0 aliphatic rings. The molecule has 0 unspecified atom stereocenters. The Morgan fingerprint density at radius 3 is 2.72 bits per heavy atom. The van der Waals surface area contributed by atoms with Crippen LogP contribution in [-0.4, -0.2) is 30.1 Å². The topological polar surface area (TPSA) is 87.8 Å². The predicted molar refractivity (Wildman–Crippen MR) is 91.1 cm³/mol. The molecule has 0 fully saturated rings. The van der Waals surface area contributed by atoms with Gasteiger partial charge in [-0.25, -0.2) is 4.79 Å². The Kier molecular flexibility index (Phi) is 4.62. The first-order valence-corrected chi connectivity index (χ1v) is 7.59. The molecule has 0 radical (unpaired) electrons. The van der Waals surface area contributed by atoms with E-state index in [1.807, 2.05) is 6.92 Å². The number of hydrogen-bond donors (Lipinski definition) is 1. The molecule has 0 bridgehead atoms. The molecule has 2 heterocycles. The van der Waals surface area contributed by atoms with Crippen molar-refractivity contribution in [2.24, 2.45) is 7.05 Å². The number of carbonyl (C=O) groups is 1. The Labute approximate surface area is 144 Å². The van der Waals surface area contributed by atoms with Gasteiger partial charge in [0.2, 0.25) is 0 Å². The highest BCUT2D eigenvalue weighted by molar-refractivity contribution is 5.93. The van der Waals surface area contributed by atoms with Crippen LogP contribution in [0.5, 0.6) is 11.5 Å². The van der Waals surface area contributed by atoms with Crippen molar-refractivity contribution in [1.29, 1.82) is 0 Å². The van der Waals surface area contributed by atoms with Gasteiger partial charge in [-0.1, -0.05) is 0 Å². The lowest BCUT2D eigenvalue weighted by molar-refractivity contribution is 0.166. The molecule has 0 atom stereocenters. The summed E-state index contributed by atoms with van der Waals surface area (Å²) in [6.45, 7) is 2.15. The average molecular weight is 345 g/mol. The van der Waals surface area contributed by atoms with Crippen molar-refractivity contribution in [1.82, 2.24) is 9.78 Å². The van der Waals surface area contributed by atoms with E-state index in [-0.39, 0.29) is 0 Å². The van der Waals surface area contributed by atoms with Crippen LogP contribution < -0.4 is 14.8 Å². The lowest BCUT2D eigenvalue weighted by Gasteiger charge is -2.09. The molecule has 1 aromatic carbocycles. The van der Waals surface area contributed by atoms with Crippen LogP contribution in [0.1, 0.15) is 11.3 Å². The van der Waals surface area contributed by atoms with Gasteiger partial charge in [0.05, 0.1) is 18.7 Å². The molecule has 132 valence electrons. The molecule has 0 saturated heterocycles. The zero-order valence-corrected chi connectivity index (χ0v) is 14.5. The lowest BCUT2D eigenvalue weighted by atomic mass is 10.2. The van der Waals surface area contributed by atoms with Gasteiger partial charge >= 0.3 is 6.09 Å². The normalized spacial score (nSPS) is 10.9. The number of carbonyl (C=O) groups excluding carboxylic acids is 1. The molecule has 0 aliphatic carbocycles. The number of benzene rings is 1. The van der Waals surface area contributed by atoms with Crippen molar-refractivity contribution in [2.75, 3.05) is 19.5 Å². The van der Waals surface area contributed by atoms with E-state index in [0.717, 1.165) is 5.56 Å². The van der Waals surface area contributed by atoms with Gasteiger partial charge in [0, 0.05) is 19.7 Å². The van der Waals surface area contributed by atoms with Gasteiger partial charge in [-0.2, -0.15) is 5.10 Å². The summed E-state index contributed by atoms with van der Waals surface area (Å²) >= 11 is 0. The largest absolute Gasteiger partial charge is 0.493 e. The van der Waals surface area contributed by atoms with Crippen molar-refractivity contribution >= 4 is 22.9 Å². The second-order valence-corrected chi connectivity index (χ2v) is 5.47. The SMILES string of the molecule is COCc1cc2c(OC(=O)Nc3c(C)cnn3C)ccc(OC)c2o1. The van der Waals surface area contributed by atoms with Crippen LogP contribution in [0.15, 0.2) is 28.8 Å². The van der Waals surface area contributed by atoms with E-state index in [4.69, 9.17) is 18.6 Å². The number of methoxy groups -OCH3 is 2. The van der Waals surface area contributed by atoms with Gasteiger partial charge in [-0.3, -0.25) is 10.00 Å². The van der Waals surface area contributed by atoms with E-state index in [1.165, 1.54) is 0 Å². The minimum absolute atomic E-state index is 0.303. The maximum absolute atomic E-state index is 12.3. The number of nitrogens with zero attached hydrogens (tertiary/aromatic N) is 2. The highest BCUT2D eigenvalue weighted by Crippen LogP contribution is 2.36. The van der Waals surface area contributed by atoms with Crippen molar-refractivity contribution in [3.8, 4) is 11.5 Å². The Hall–Kier alpha value is -3.00. The third-order valence-electron chi connectivity index (χ3n) is 3.71. The molecular weight excluding hydrogens is 326 g/mol. The van der Waals surface area contributed by atoms with E-state index >= 15 is 0 Å². The molecule has 8 heteroatoms. The van der Waals surface area contributed by atoms with E-state index in [9.17, 15) is 4.79 Å². The zero-order chi connectivity index (χ0) is 18.0. The smallest absolute Gasteiger partial charge is 0.418 e. The van der Waals surface area contributed by atoms with Crippen LogP contribution in [0, 0.1) is 6.92 Å². The quantitative estimate of drug-likeness (QED) is 0.764. The molecule has 1 amide bonds. The van der Waals surface area contributed by atoms with E-state index < -0.39 is 6.09 Å². The predicted octanol–water partition coefficient (Wildman–Crippen LogP) is 3.24. The molecule has 0 spiro atoms. The van der Waals surface area contributed by atoms with Crippen molar-refractivity contribution in [3.05, 3.63) is 35.7 Å². The fraction of sp³-hybridized carbons (Fsp3) is 0.294. The first-order valence-electron chi connectivity index (χ1n) is 7.59. The third kappa shape index (κ3) is 3.29. The van der Waals surface area contributed by atoms with Crippen LogP contribution in [0.3, 0.4) is 0 Å². The van der Waals surface area contributed by atoms with Crippen molar-refractivity contribution in [3.63, 3.8) is 0 Å². The number of anilines is 1. The summed E-state index contributed by atoms with van der Waals surface area (Å²) in [5.74, 6) is 2.09. The lowest BCUT2D eigenvalue weighted by Crippen LogP contribution is -2.19. The molecule has 8 nitrogen and oxygen atoms in total. The number of nitrogens with one attached hydrogen (secondary N) is 1. The molecule has 1 N–H and O–H groups in total. The third-order valence-corrected chi connectivity index (χ3v) is 3.71. The molecule has 0 aliphatic heterocycles. The minimum Gasteiger partial charge on any atom is -0.493 e. The standard InChI is InChI=1S/C17H19N3O5/c1-10-8-18-20(2)16(10)19-17(21)25-13-5-6-14(23-4)15-12(13)7-11(24-15)9-22-3/h5-8H,9H2,1-4H3,(H,19,21). The summed E-state index contributed by atoms with van der Waals surface area (Å²) in [7, 11) is 4.86. The number of aryl methyl sites for hydroxylation is 2. The van der Waals surface area contributed by atoms with Gasteiger partial charge in [-0.15, -0.1) is 0 Å². The van der Waals surface area contributed by atoms with Gasteiger partial charge in [0.1, 0.15) is 23.9 Å². The Bertz CT molecular complexity index is 893. The second-order valence-electron chi connectivity index (χ2n) is 5.47. The molecule has 3 rings (SSSR count). The number of amides is 1. The monoisotopic (exact) mass is 345 g/mol. The highest BCUT2D eigenvalue weighted by atomic mass is 16.6. The molecule has 2 aromatic heterocycles. The van der Waals surface area contributed by atoms with Crippen LogP contribution in [0.25, 0.3) is 11.0 Å². The number of furan rings is 1. The van der Waals surface area contributed by atoms with Crippen molar-refractivity contribution < 1.29 is 23.4 Å². The average Bonchev–Trinajstić information content (AvgIpc) is 3.14. The maximum Gasteiger partial charge on any atom is 0.418 e. The van der Waals surface area contributed by atoms with Crippen LogP contribution in [-0.2, 0) is 18.4 Å². The fourth-order valence-electron chi connectivity index (χ4n) is 2.54. The Balaban J connectivity index is 1.89. The Morgan fingerprint density at radius 1 is 1.32 bits per heavy atom. The van der Waals surface area contributed by atoms with Crippen LogP contribution in [0.4, 0.5) is 10.6 Å². The molecule has 25 heavy (non-hydrogen) atoms. The minimum atomic E-state index is -0.618. The summed E-state index contributed by atoms with van der Waals surface area (Å²) in [6.07, 6.45) is 1.04. The van der Waals surface area contributed by atoms with Crippen LogP contribution in [0.2, 0.25) is 0 Å². The summed E-state index contributed by atoms with van der Waals surface area (Å²) in [6, 6.07) is 5.10. The summed E-state index contributed by atoms with van der Waals surface area (Å²) in [4.78, 5) is 12.3. The molecule has 0 saturated carbocycles. The summed E-state index contributed by atoms with van der Waals surface area (Å²) in [5.41, 5.74) is 1.33. The number of ether oxygens (including phenoxy) is 3. The second kappa shape index (κ2) is 6.86. The van der Waals surface area contributed by atoms with E-state index in [0.29, 0.717) is 40.7 Å². The first kappa shape index (κ1) is 16.8. The number of fused-ring (bicyclic) bond motifs is 1. The molecule has 3 aromatic rings. The van der Waals surface area contributed by atoms with Gasteiger partial charge in [0.25, 0.3) is 0 Å². The summed E-state index contributed by atoms with van der Waals surface area (Å²) < 4.78 is 23.1. The fourth-order valence-corrected chi connectivity index (χ4v) is 2.54. The molecular formula is C17H19N3O5. The zero-order valence-electron chi connectivity index (χ0n) is 14.5. The number of hydrogen-bond acceptors (Lipinski definition) is 6. The van der Waals surface area contributed by atoms with Crippen LogP contribution >= 0.6 is 0 Å². The number of aromatic nitrogens is 2. The maximum atomic E-state index is 12.3. The van der Waals surface area contributed by atoms with Gasteiger partial charge in [0.15, 0.2) is 11.3 Å². The van der Waals surface area contributed by atoms with E-state index in [1.54, 1.807) is 50.3 Å². The summed E-state index contributed by atoms with van der Waals surface area (Å²) in [5, 5.41) is 7.39.